The van der Waals surface area contributed by atoms with Gasteiger partial charge in [-0.05, 0) is 35.8 Å². The van der Waals surface area contributed by atoms with Crippen LogP contribution in [-0.4, -0.2) is 21.6 Å². The van der Waals surface area contributed by atoms with Crippen LogP contribution < -0.4 is 4.80 Å². The lowest BCUT2D eigenvalue weighted by molar-refractivity contribution is -0.141. The van der Waals surface area contributed by atoms with Gasteiger partial charge in [-0.2, -0.15) is 4.99 Å². The number of carbonyl (C=O) groups excluding carboxylic acids is 1. The van der Waals surface area contributed by atoms with Crippen LogP contribution in [0.2, 0.25) is 0 Å². The van der Waals surface area contributed by atoms with Crippen LogP contribution in [0.15, 0.2) is 89.9 Å². The zero-order chi connectivity index (χ0) is 22.5. The van der Waals surface area contributed by atoms with Crippen LogP contribution in [0.3, 0.4) is 0 Å². The van der Waals surface area contributed by atoms with Crippen molar-refractivity contribution in [3.63, 3.8) is 0 Å². The molecule has 1 atom stereocenters. The van der Waals surface area contributed by atoms with Crippen molar-refractivity contribution in [2.45, 2.75) is 19.4 Å². The molecular weight excluding hydrogens is 420 g/mol. The summed E-state index contributed by atoms with van der Waals surface area (Å²) in [5.41, 5.74) is 2.84. The molecular formula is C26H22N2O3S. The molecule has 0 aliphatic carbocycles. The first kappa shape index (κ1) is 21.5. The Hall–Kier alpha value is -3.77. The molecule has 0 aliphatic heterocycles. The molecule has 1 aromatic heterocycles. The van der Waals surface area contributed by atoms with Gasteiger partial charge in [0.05, 0.1) is 10.2 Å². The summed E-state index contributed by atoms with van der Waals surface area (Å²) in [6.07, 6.45) is 2.19. The van der Waals surface area contributed by atoms with Gasteiger partial charge in [0, 0.05) is 5.57 Å². The number of amides is 1. The molecule has 0 saturated heterocycles. The van der Waals surface area contributed by atoms with Crippen LogP contribution in [0.1, 0.15) is 30.5 Å². The number of rotatable bonds is 6. The predicted molar refractivity (Wildman–Crippen MR) is 128 cm³/mol. The average Bonchev–Trinajstić information content (AvgIpc) is 3.16. The summed E-state index contributed by atoms with van der Waals surface area (Å²) in [6.45, 7) is 1.81. The normalized spacial score (nSPS) is 13.3. The Morgan fingerprint density at radius 2 is 1.59 bits per heavy atom. The highest BCUT2D eigenvalue weighted by molar-refractivity contribution is 7.16. The first-order valence-corrected chi connectivity index (χ1v) is 11.1. The van der Waals surface area contributed by atoms with E-state index in [-0.39, 0.29) is 0 Å². The molecule has 0 fully saturated rings. The maximum Gasteiger partial charge on any atom is 0.326 e. The fourth-order valence-electron chi connectivity index (χ4n) is 3.59. The van der Waals surface area contributed by atoms with Crippen LogP contribution in [-0.2, 0) is 9.59 Å². The highest BCUT2D eigenvalue weighted by atomic mass is 32.1. The Labute approximate surface area is 189 Å². The molecule has 0 aliphatic rings. The molecule has 32 heavy (non-hydrogen) atoms. The maximum atomic E-state index is 13.4. The maximum absolute atomic E-state index is 13.4. The number of benzene rings is 3. The van der Waals surface area contributed by atoms with Crippen molar-refractivity contribution in [2.24, 2.45) is 4.99 Å². The average molecular weight is 443 g/mol. The van der Waals surface area contributed by atoms with Crippen molar-refractivity contribution < 1.29 is 14.7 Å². The number of aliphatic carboxylic acids is 1. The lowest BCUT2D eigenvalue weighted by Crippen LogP contribution is -2.27. The molecule has 1 N–H and O–H groups in total. The highest BCUT2D eigenvalue weighted by Crippen LogP contribution is 2.24. The Morgan fingerprint density at radius 1 is 0.969 bits per heavy atom. The monoisotopic (exact) mass is 442 g/mol. The number of carboxylic acid groups (broad SMARTS) is 1. The van der Waals surface area contributed by atoms with Crippen LogP contribution in [0.25, 0.3) is 21.9 Å². The largest absolute Gasteiger partial charge is 0.480 e. The summed E-state index contributed by atoms with van der Waals surface area (Å²) < 4.78 is 2.54. The van der Waals surface area contributed by atoms with Crippen LogP contribution in [0.4, 0.5) is 0 Å². The van der Waals surface area contributed by atoms with Crippen molar-refractivity contribution in [1.82, 2.24) is 4.57 Å². The third-order valence-electron chi connectivity index (χ3n) is 5.14. The van der Waals surface area contributed by atoms with Gasteiger partial charge < -0.3 is 9.67 Å². The van der Waals surface area contributed by atoms with Gasteiger partial charge in [-0.3, -0.25) is 4.79 Å². The highest BCUT2D eigenvalue weighted by Gasteiger charge is 2.22. The lowest BCUT2D eigenvalue weighted by atomic mass is 10.0. The molecule has 0 radical (unpaired) electrons. The van der Waals surface area contributed by atoms with Crippen LogP contribution >= 0.6 is 11.3 Å². The summed E-state index contributed by atoms with van der Waals surface area (Å²) in [6, 6.07) is 25.7. The number of aromatic nitrogens is 1. The molecule has 4 aromatic rings. The number of carboxylic acids is 1. The summed E-state index contributed by atoms with van der Waals surface area (Å²) in [4.78, 5) is 30.2. The van der Waals surface area contributed by atoms with E-state index < -0.39 is 17.9 Å². The second-order valence-corrected chi connectivity index (χ2v) is 8.25. The molecule has 1 amide bonds. The van der Waals surface area contributed by atoms with Crippen molar-refractivity contribution in [3.05, 3.63) is 101 Å². The molecule has 3 aromatic carbocycles. The van der Waals surface area contributed by atoms with E-state index in [4.69, 9.17) is 0 Å². The number of thiazole rings is 1. The van der Waals surface area contributed by atoms with Crippen molar-refractivity contribution in [1.29, 1.82) is 0 Å². The van der Waals surface area contributed by atoms with Crippen molar-refractivity contribution in [3.8, 4) is 0 Å². The summed E-state index contributed by atoms with van der Waals surface area (Å²) in [5, 5.41) is 9.79. The number of nitrogens with zero attached hydrogens (tertiary/aromatic N) is 2. The van der Waals surface area contributed by atoms with E-state index in [0.717, 1.165) is 21.3 Å². The van der Waals surface area contributed by atoms with Gasteiger partial charge in [-0.15, -0.1) is 0 Å². The predicted octanol–water partition coefficient (Wildman–Crippen LogP) is 5.41. The van der Waals surface area contributed by atoms with E-state index in [1.54, 1.807) is 4.57 Å². The van der Waals surface area contributed by atoms with Gasteiger partial charge in [-0.1, -0.05) is 91.1 Å². The Balaban J connectivity index is 1.91. The fourth-order valence-corrected chi connectivity index (χ4v) is 4.65. The summed E-state index contributed by atoms with van der Waals surface area (Å²) in [7, 11) is 0. The number of carbonyl (C=O) groups is 2. The fraction of sp³-hybridized carbons (Fsp3) is 0.115. The number of para-hydroxylation sites is 1. The van der Waals surface area contributed by atoms with Gasteiger partial charge in [0.1, 0.15) is 6.04 Å². The smallest absolute Gasteiger partial charge is 0.326 e. The zero-order valence-electron chi connectivity index (χ0n) is 17.5. The molecule has 1 heterocycles. The van der Waals surface area contributed by atoms with Crippen molar-refractivity contribution >= 4 is 45.1 Å². The molecule has 0 spiro atoms. The molecule has 1 unspecified atom stereocenters. The quantitative estimate of drug-likeness (QED) is 0.321. The second kappa shape index (κ2) is 9.58. The van der Waals surface area contributed by atoms with Gasteiger partial charge in [0.2, 0.25) is 0 Å². The van der Waals surface area contributed by atoms with Crippen LogP contribution in [0.5, 0.6) is 0 Å². The Kier molecular flexibility index (Phi) is 6.42. The minimum Gasteiger partial charge on any atom is -0.480 e. The zero-order valence-corrected chi connectivity index (χ0v) is 18.3. The second-order valence-electron chi connectivity index (χ2n) is 7.24. The SMILES string of the molecule is CCC(C(=O)O)n1c(=NC(=O)/C(=C/c2ccccc2)c2ccccc2)sc2ccccc21. The topological polar surface area (TPSA) is 71.7 Å². The van der Waals surface area contributed by atoms with E-state index in [1.165, 1.54) is 11.3 Å². The van der Waals surface area contributed by atoms with Gasteiger partial charge >= 0.3 is 5.97 Å². The summed E-state index contributed by atoms with van der Waals surface area (Å²) in [5.74, 6) is -1.37. The lowest BCUT2D eigenvalue weighted by Gasteiger charge is -2.13. The molecule has 5 nitrogen and oxygen atoms in total. The Morgan fingerprint density at radius 3 is 2.25 bits per heavy atom. The van der Waals surface area contributed by atoms with Gasteiger partial charge in [0.15, 0.2) is 4.80 Å². The van der Waals surface area contributed by atoms with Crippen molar-refractivity contribution in [2.75, 3.05) is 0 Å². The summed E-state index contributed by atoms with van der Waals surface area (Å²) >= 11 is 1.32. The number of hydrogen-bond acceptors (Lipinski definition) is 3. The van der Waals surface area contributed by atoms with E-state index in [2.05, 4.69) is 4.99 Å². The molecule has 6 heteroatoms. The number of hydrogen-bond donors (Lipinski definition) is 1. The molecule has 160 valence electrons. The minimum absolute atomic E-state index is 0.375. The Bertz CT molecular complexity index is 1350. The van der Waals surface area contributed by atoms with Gasteiger partial charge in [0.25, 0.3) is 5.91 Å². The van der Waals surface area contributed by atoms with Crippen LogP contribution in [0, 0.1) is 0 Å². The molecule has 4 rings (SSSR count). The third kappa shape index (κ3) is 4.45. The van der Waals surface area contributed by atoms with E-state index >= 15 is 0 Å². The minimum atomic E-state index is -0.951. The van der Waals surface area contributed by atoms with E-state index in [0.29, 0.717) is 16.8 Å². The standard InChI is InChI=1S/C26H22N2O3S/c1-2-21(25(30)31)28-22-15-9-10-16-23(22)32-26(28)27-24(29)20(19-13-7-4-8-14-19)17-18-11-5-3-6-12-18/h3-17,21H,2H2,1H3,(H,30,31)/b20-17+,27-26?. The first-order chi connectivity index (χ1) is 15.6. The molecule has 0 saturated carbocycles. The number of fused-ring (bicyclic) bond motifs is 1. The molecule has 0 bridgehead atoms. The first-order valence-electron chi connectivity index (χ1n) is 10.3. The van der Waals surface area contributed by atoms with E-state index in [1.807, 2.05) is 97.9 Å². The third-order valence-corrected chi connectivity index (χ3v) is 6.17. The van der Waals surface area contributed by atoms with Gasteiger partial charge in [-0.25, -0.2) is 4.79 Å². The van der Waals surface area contributed by atoms with E-state index in [9.17, 15) is 14.7 Å².